The summed E-state index contributed by atoms with van der Waals surface area (Å²) < 4.78 is 14.9. The highest BCUT2D eigenvalue weighted by Gasteiger charge is 2.38. The third kappa shape index (κ3) is 2.42. The maximum Gasteiger partial charge on any atom is 0.377 e. The van der Waals surface area contributed by atoms with E-state index in [2.05, 4.69) is 4.74 Å². The lowest BCUT2D eigenvalue weighted by atomic mass is 9.95. The average Bonchev–Trinajstić information content (AvgIpc) is 2.46. The summed E-state index contributed by atoms with van der Waals surface area (Å²) in [5.74, 6) is -2.08. The number of rotatable bonds is 4. The standard InChI is InChI=1S/C14H14O6/c1-3-19-14(17)12(16)13-11(15)8-5-4-6-10(18-2)9(8)7-20-13/h4-6,13H,3,7H2,1-2H3. The van der Waals surface area contributed by atoms with Crippen LogP contribution in [0, 0.1) is 0 Å². The first-order valence-corrected chi connectivity index (χ1v) is 6.12. The molecule has 0 saturated heterocycles. The Labute approximate surface area is 115 Å². The van der Waals surface area contributed by atoms with E-state index in [0.29, 0.717) is 16.9 Å². The second-order valence-corrected chi connectivity index (χ2v) is 4.13. The van der Waals surface area contributed by atoms with Crippen molar-refractivity contribution in [1.82, 2.24) is 0 Å². The Bertz CT molecular complexity index is 563. The van der Waals surface area contributed by atoms with Gasteiger partial charge in [0.05, 0.1) is 20.3 Å². The van der Waals surface area contributed by atoms with Crippen molar-refractivity contribution in [1.29, 1.82) is 0 Å². The smallest absolute Gasteiger partial charge is 0.377 e. The number of Topliss-reactive ketones (excluding diaryl/α,β-unsaturated/α-hetero) is 2. The van der Waals surface area contributed by atoms with Gasteiger partial charge in [0.2, 0.25) is 0 Å². The molecule has 6 nitrogen and oxygen atoms in total. The van der Waals surface area contributed by atoms with E-state index in [4.69, 9.17) is 9.47 Å². The van der Waals surface area contributed by atoms with Crippen LogP contribution in [0.2, 0.25) is 0 Å². The van der Waals surface area contributed by atoms with Gasteiger partial charge in [0.1, 0.15) is 5.75 Å². The topological polar surface area (TPSA) is 78.9 Å². The van der Waals surface area contributed by atoms with Gasteiger partial charge in [0.15, 0.2) is 11.9 Å². The summed E-state index contributed by atoms with van der Waals surface area (Å²) in [6.45, 7) is 1.67. The van der Waals surface area contributed by atoms with Crippen molar-refractivity contribution in [3.8, 4) is 5.75 Å². The van der Waals surface area contributed by atoms with Gasteiger partial charge in [0.25, 0.3) is 5.78 Å². The Morgan fingerprint density at radius 3 is 2.80 bits per heavy atom. The highest BCUT2D eigenvalue weighted by Crippen LogP contribution is 2.29. The predicted molar refractivity (Wildman–Crippen MR) is 67.5 cm³/mol. The van der Waals surface area contributed by atoms with E-state index in [9.17, 15) is 14.4 Å². The van der Waals surface area contributed by atoms with E-state index in [1.165, 1.54) is 7.11 Å². The molecule has 1 atom stereocenters. The normalized spacial score (nSPS) is 17.3. The molecular weight excluding hydrogens is 264 g/mol. The number of hydrogen-bond donors (Lipinski definition) is 0. The molecule has 0 amide bonds. The summed E-state index contributed by atoms with van der Waals surface area (Å²) in [4.78, 5) is 35.4. The SMILES string of the molecule is CCOC(=O)C(=O)C1OCc2c(OC)cccc2C1=O. The molecule has 0 radical (unpaired) electrons. The summed E-state index contributed by atoms with van der Waals surface area (Å²) in [5.41, 5.74) is 0.908. The lowest BCUT2D eigenvalue weighted by Crippen LogP contribution is -2.41. The monoisotopic (exact) mass is 278 g/mol. The van der Waals surface area contributed by atoms with Crippen molar-refractivity contribution in [3.05, 3.63) is 29.3 Å². The fourth-order valence-electron chi connectivity index (χ4n) is 2.02. The molecule has 0 N–H and O–H groups in total. The van der Waals surface area contributed by atoms with Crippen molar-refractivity contribution in [2.24, 2.45) is 0 Å². The first-order chi connectivity index (χ1) is 9.60. The fourth-order valence-corrected chi connectivity index (χ4v) is 2.02. The van der Waals surface area contributed by atoms with Crippen LogP contribution in [-0.2, 0) is 25.7 Å². The van der Waals surface area contributed by atoms with Crippen LogP contribution in [0.5, 0.6) is 5.75 Å². The Morgan fingerprint density at radius 1 is 1.40 bits per heavy atom. The van der Waals surface area contributed by atoms with Gasteiger partial charge in [0, 0.05) is 11.1 Å². The minimum Gasteiger partial charge on any atom is -0.496 e. The lowest BCUT2D eigenvalue weighted by Gasteiger charge is -2.23. The molecule has 20 heavy (non-hydrogen) atoms. The van der Waals surface area contributed by atoms with E-state index in [-0.39, 0.29) is 13.2 Å². The minimum absolute atomic E-state index is 0.0287. The van der Waals surface area contributed by atoms with Crippen molar-refractivity contribution in [3.63, 3.8) is 0 Å². The van der Waals surface area contributed by atoms with Gasteiger partial charge in [-0.1, -0.05) is 12.1 Å². The second-order valence-electron chi connectivity index (χ2n) is 4.13. The average molecular weight is 278 g/mol. The molecule has 1 aliphatic rings. The van der Waals surface area contributed by atoms with E-state index >= 15 is 0 Å². The van der Waals surface area contributed by atoms with Gasteiger partial charge in [-0.15, -0.1) is 0 Å². The molecule has 1 heterocycles. The van der Waals surface area contributed by atoms with E-state index in [1.54, 1.807) is 25.1 Å². The van der Waals surface area contributed by atoms with Crippen LogP contribution < -0.4 is 4.74 Å². The van der Waals surface area contributed by atoms with Gasteiger partial charge in [-0.05, 0) is 13.0 Å². The number of methoxy groups -OCH3 is 1. The zero-order valence-corrected chi connectivity index (χ0v) is 11.2. The molecule has 0 bridgehead atoms. The first-order valence-electron chi connectivity index (χ1n) is 6.12. The molecule has 106 valence electrons. The van der Waals surface area contributed by atoms with Crippen molar-refractivity contribution in [2.75, 3.05) is 13.7 Å². The quantitative estimate of drug-likeness (QED) is 0.463. The second kappa shape index (κ2) is 5.83. The van der Waals surface area contributed by atoms with Crippen LogP contribution in [0.1, 0.15) is 22.8 Å². The molecule has 1 aromatic rings. The molecule has 0 saturated carbocycles. The van der Waals surface area contributed by atoms with Crippen molar-refractivity contribution in [2.45, 2.75) is 19.6 Å². The number of carbonyl (C=O) groups is 3. The van der Waals surface area contributed by atoms with Gasteiger partial charge < -0.3 is 14.2 Å². The zero-order valence-electron chi connectivity index (χ0n) is 11.2. The van der Waals surface area contributed by atoms with E-state index < -0.39 is 23.6 Å². The Morgan fingerprint density at radius 2 is 2.15 bits per heavy atom. The summed E-state index contributed by atoms with van der Waals surface area (Å²) in [6.07, 6.45) is -1.44. The van der Waals surface area contributed by atoms with Crippen LogP contribution in [0.25, 0.3) is 0 Å². The van der Waals surface area contributed by atoms with Crippen LogP contribution in [0.15, 0.2) is 18.2 Å². The summed E-state index contributed by atoms with van der Waals surface area (Å²) in [6, 6.07) is 4.92. The molecule has 0 aliphatic carbocycles. The van der Waals surface area contributed by atoms with Crippen LogP contribution in [-0.4, -0.2) is 37.4 Å². The molecule has 1 aliphatic heterocycles. The Kier molecular flexibility index (Phi) is 4.14. The maximum atomic E-state index is 12.2. The molecule has 0 fully saturated rings. The van der Waals surface area contributed by atoms with Gasteiger partial charge in [-0.3, -0.25) is 9.59 Å². The van der Waals surface area contributed by atoms with E-state index in [0.717, 1.165) is 0 Å². The lowest BCUT2D eigenvalue weighted by molar-refractivity contribution is -0.158. The molecular formula is C14H14O6. The number of carbonyl (C=O) groups excluding carboxylic acids is 3. The summed E-state index contributed by atoms with van der Waals surface area (Å²) >= 11 is 0. The number of ether oxygens (including phenoxy) is 3. The third-order valence-electron chi connectivity index (χ3n) is 2.97. The molecule has 1 unspecified atom stereocenters. The number of hydrogen-bond acceptors (Lipinski definition) is 6. The number of fused-ring (bicyclic) bond motifs is 1. The minimum atomic E-state index is -1.44. The number of benzene rings is 1. The summed E-state index contributed by atoms with van der Waals surface area (Å²) in [5, 5.41) is 0. The largest absolute Gasteiger partial charge is 0.496 e. The fraction of sp³-hybridized carbons (Fsp3) is 0.357. The molecule has 0 spiro atoms. The van der Waals surface area contributed by atoms with Crippen LogP contribution in [0.4, 0.5) is 0 Å². The Hall–Kier alpha value is -2.21. The Balaban J connectivity index is 2.28. The number of esters is 1. The summed E-state index contributed by atoms with van der Waals surface area (Å²) in [7, 11) is 1.48. The molecule has 2 rings (SSSR count). The van der Waals surface area contributed by atoms with Gasteiger partial charge >= 0.3 is 5.97 Å². The number of ketones is 2. The molecule has 0 aromatic heterocycles. The highest BCUT2D eigenvalue weighted by atomic mass is 16.5. The third-order valence-corrected chi connectivity index (χ3v) is 2.97. The molecule has 1 aromatic carbocycles. The van der Waals surface area contributed by atoms with Gasteiger partial charge in [-0.2, -0.15) is 0 Å². The van der Waals surface area contributed by atoms with Crippen molar-refractivity contribution >= 4 is 17.5 Å². The zero-order chi connectivity index (χ0) is 14.7. The molecule has 6 heteroatoms. The maximum absolute atomic E-state index is 12.2. The highest BCUT2D eigenvalue weighted by molar-refractivity contribution is 6.41. The van der Waals surface area contributed by atoms with Crippen LogP contribution >= 0.6 is 0 Å². The predicted octanol–water partition coefficient (Wildman–Crippen LogP) is 0.909. The first kappa shape index (κ1) is 14.2. The van der Waals surface area contributed by atoms with Crippen molar-refractivity contribution < 1.29 is 28.6 Å². The van der Waals surface area contributed by atoms with Gasteiger partial charge in [-0.25, -0.2) is 4.79 Å². The van der Waals surface area contributed by atoms with Crippen LogP contribution in [0.3, 0.4) is 0 Å². The van der Waals surface area contributed by atoms with E-state index in [1.807, 2.05) is 0 Å².